The Morgan fingerprint density at radius 3 is 2.75 bits per heavy atom. The lowest BCUT2D eigenvalue weighted by atomic mass is 10.2. The van der Waals surface area contributed by atoms with Gasteiger partial charge in [0.2, 0.25) is 0 Å². The summed E-state index contributed by atoms with van der Waals surface area (Å²) in [5, 5.41) is 0. The first-order valence-electron chi connectivity index (χ1n) is 3.01. The van der Waals surface area contributed by atoms with Gasteiger partial charge in [-0.2, -0.15) is 0 Å². The second-order valence-corrected chi connectivity index (χ2v) is 1.71. The Morgan fingerprint density at radius 2 is 2.25 bits per heavy atom. The molecule has 0 aromatic carbocycles. The number of unbranched alkanes of at least 4 members (excludes halogenated alkanes) is 2. The Balaban J connectivity index is 2.82. The highest BCUT2D eigenvalue weighted by Gasteiger charge is 1.75. The van der Waals surface area contributed by atoms with E-state index < -0.39 is 0 Å². The van der Waals surface area contributed by atoms with Crippen LogP contribution in [0.15, 0.2) is 18.7 Å². The standard InChI is InChI=1S/C8H13/c1-3-5-7-8-6-4-2/h3,6H,1,5,7-8H2,2H3. The van der Waals surface area contributed by atoms with Crippen LogP contribution in [0.4, 0.5) is 0 Å². The minimum atomic E-state index is 1.12. The van der Waals surface area contributed by atoms with Crippen LogP contribution in [0.1, 0.15) is 26.2 Å². The molecule has 0 fully saturated rings. The molecule has 0 saturated heterocycles. The van der Waals surface area contributed by atoms with Crippen molar-refractivity contribution in [3.8, 4) is 0 Å². The van der Waals surface area contributed by atoms with Gasteiger partial charge in [-0.25, -0.2) is 0 Å². The minimum Gasteiger partial charge on any atom is -0.103 e. The van der Waals surface area contributed by atoms with Crippen molar-refractivity contribution >= 4 is 0 Å². The smallest absolute Gasteiger partial charge is 0.0342 e. The fraction of sp³-hybridized carbons (Fsp3) is 0.500. The van der Waals surface area contributed by atoms with E-state index in [1.165, 1.54) is 6.42 Å². The van der Waals surface area contributed by atoms with Crippen molar-refractivity contribution in [2.45, 2.75) is 26.2 Å². The molecule has 0 unspecified atom stereocenters. The molecule has 0 saturated carbocycles. The summed E-state index contributed by atoms with van der Waals surface area (Å²) in [7, 11) is 0. The molecule has 8 heavy (non-hydrogen) atoms. The monoisotopic (exact) mass is 109 g/mol. The summed E-state index contributed by atoms with van der Waals surface area (Å²) in [6.07, 6.45) is 10.5. The molecule has 0 rings (SSSR count). The molecule has 0 nitrogen and oxygen atoms in total. The average molecular weight is 109 g/mol. The SMILES string of the molecule is C=CCCCC=[C]C. The summed E-state index contributed by atoms with van der Waals surface area (Å²) in [4.78, 5) is 0. The molecule has 0 heteroatoms. The van der Waals surface area contributed by atoms with Gasteiger partial charge in [-0.1, -0.05) is 18.2 Å². The predicted octanol–water partition coefficient (Wildman–Crippen LogP) is 2.72. The molecule has 0 aliphatic rings. The first-order valence-corrected chi connectivity index (χ1v) is 3.01. The average Bonchev–Trinajstić information content (AvgIpc) is 1.81. The third kappa shape index (κ3) is 5.48. The molecule has 0 spiro atoms. The summed E-state index contributed by atoms with van der Waals surface area (Å²) < 4.78 is 0. The number of hydrogen-bond acceptors (Lipinski definition) is 0. The first-order chi connectivity index (χ1) is 3.91. The lowest BCUT2D eigenvalue weighted by Gasteiger charge is -1.85. The molecule has 0 heterocycles. The Bertz CT molecular complexity index is 70.1. The summed E-state index contributed by atoms with van der Waals surface area (Å²) in [5.41, 5.74) is 0. The van der Waals surface area contributed by atoms with Crippen LogP contribution in [0.3, 0.4) is 0 Å². The van der Waals surface area contributed by atoms with Crippen LogP contribution < -0.4 is 0 Å². The molecular formula is C8H13. The van der Waals surface area contributed by atoms with E-state index in [2.05, 4.69) is 18.7 Å². The zero-order valence-electron chi connectivity index (χ0n) is 5.48. The molecule has 0 aromatic heterocycles. The molecule has 1 radical (unpaired) electrons. The van der Waals surface area contributed by atoms with Gasteiger partial charge >= 0.3 is 0 Å². The summed E-state index contributed by atoms with van der Waals surface area (Å²) in [6.45, 7) is 5.55. The van der Waals surface area contributed by atoms with E-state index in [-0.39, 0.29) is 0 Å². The molecule has 0 bridgehead atoms. The highest BCUT2D eigenvalue weighted by Crippen LogP contribution is 1.95. The maximum Gasteiger partial charge on any atom is -0.0342 e. The highest BCUT2D eigenvalue weighted by molar-refractivity contribution is 4.73. The van der Waals surface area contributed by atoms with Crippen LogP contribution in [0.25, 0.3) is 0 Å². The van der Waals surface area contributed by atoms with Gasteiger partial charge in [-0.15, -0.1) is 6.58 Å². The third-order valence-corrected chi connectivity index (χ3v) is 0.961. The van der Waals surface area contributed by atoms with E-state index in [1.54, 1.807) is 0 Å². The van der Waals surface area contributed by atoms with Crippen LogP contribution in [0.5, 0.6) is 0 Å². The minimum absolute atomic E-state index is 1.12. The topological polar surface area (TPSA) is 0 Å². The van der Waals surface area contributed by atoms with Crippen LogP contribution in [0, 0.1) is 6.08 Å². The van der Waals surface area contributed by atoms with E-state index >= 15 is 0 Å². The number of rotatable bonds is 4. The van der Waals surface area contributed by atoms with Gasteiger partial charge in [-0.3, -0.25) is 0 Å². The first kappa shape index (κ1) is 7.48. The second kappa shape index (κ2) is 6.48. The third-order valence-electron chi connectivity index (χ3n) is 0.961. The van der Waals surface area contributed by atoms with Crippen LogP contribution >= 0.6 is 0 Å². The van der Waals surface area contributed by atoms with Gasteiger partial charge in [0, 0.05) is 0 Å². The molecule has 0 amide bonds. The normalized spacial score (nSPS) is 10.1. The van der Waals surface area contributed by atoms with Crippen LogP contribution in [-0.4, -0.2) is 0 Å². The predicted molar refractivity (Wildman–Crippen MR) is 37.5 cm³/mol. The van der Waals surface area contributed by atoms with E-state index in [0.717, 1.165) is 12.8 Å². The molecular weight excluding hydrogens is 96.1 g/mol. The molecule has 0 aliphatic carbocycles. The molecule has 0 atom stereocenters. The van der Waals surface area contributed by atoms with Gasteiger partial charge < -0.3 is 0 Å². The summed E-state index contributed by atoms with van der Waals surface area (Å²) >= 11 is 0. The highest BCUT2D eigenvalue weighted by atomic mass is 13.8. The van der Waals surface area contributed by atoms with Crippen molar-refractivity contribution in [1.82, 2.24) is 0 Å². The van der Waals surface area contributed by atoms with Gasteiger partial charge in [0.1, 0.15) is 0 Å². The van der Waals surface area contributed by atoms with E-state index in [1.807, 2.05) is 13.0 Å². The lowest BCUT2D eigenvalue weighted by molar-refractivity contribution is 0.867. The Labute approximate surface area is 51.9 Å². The lowest BCUT2D eigenvalue weighted by Crippen LogP contribution is -1.65. The molecule has 0 aliphatic heterocycles. The van der Waals surface area contributed by atoms with Crippen molar-refractivity contribution in [3.05, 3.63) is 24.8 Å². The van der Waals surface area contributed by atoms with Gasteiger partial charge in [0.15, 0.2) is 0 Å². The number of allylic oxidation sites excluding steroid dienone is 3. The summed E-state index contributed by atoms with van der Waals surface area (Å²) in [5.74, 6) is 0. The molecule has 0 aromatic rings. The maximum absolute atomic E-state index is 3.62. The quantitative estimate of drug-likeness (QED) is 0.384. The van der Waals surface area contributed by atoms with Crippen LogP contribution in [0.2, 0.25) is 0 Å². The van der Waals surface area contributed by atoms with Crippen LogP contribution in [-0.2, 0) is 0 Å². The molecule has 0 N–H and O–H groups in total. The number of hydrogen-bond donors (Lipinski definition) is 0. The summed E-state index contributed by atoms with van der Waals surface area (Å²) in [6, 6.07) is 0. The largest absolute Gasteiger partial charge is 0.103 e. The van der Waals surface area contributed by atoms with E-state index in [0.29, 0.717) is 0 Å². The molecule has 45 valence electrons. The van der Waals surface area contributed by atoms with Crippen molar-refractivity contribution in [2.24, 2.45) is 0 Å². The zero-order chi connectivity index (χ0) is 6.24. The van der Waals surface area contributed by atoms with E-state index in [9.17, 15) is 0 Å². The van der Waals surface area contributed by atoms with Crippen molar-refractivity contribution < 1.29 is 0 Å². The van der Waals surface area contributed by atoms with Crippen molar-refractivity contribution in [3.63, 3.8) is 0 Å². The Kier molecular flexibility index (Phi) is 6.06. The van der Waals surface area contributed by atoms with Gasteiger partial charge in [-0.05, 0) is 26.2 Å². The maximum atomic E-state index is 3.62. The fourth-order valence-corrected chi connectivity index (χ4v) is 0.509. The van der Waals surface area contributed by atoms with E-state index in [4.69, 9.17) is 0 Å². The Hall–Kier alpha value is -0.520. The second-order valence-electron chi connectivity index (χ2n) is 1.71. The van der Waals surface area contributed by atoms with Crippen molar-refractivity contribution in [1.29, 1.82) is 0 Å². The fourth-order valence-electron chi connectivity index (χ4n) is 0.509. The van der Waals surface area contributed by atoms with Crippen molar-refractivity contribution in [2.75, 3.05) is 0 Å². The Morgan fingerprint density at radius 1 is 1.50 bits per heavy atom. The zero-order valence-corrected chi connectivity index (χ0v) is 5.48. The van der Waals surface area contributed by atoms with Gasteiger partial charge in [0.25, 0.3) is 0 Å². The van der Waals surface area contributed by atoms with Gasteiger partial charge in [0.05, 0.1) is 0 Å².